The van der Waals surface area contributed by atoms with Crippen LogP contribution >= 0.6 is 0 Å². The van der Waals surface area contributed by atoms with Gasteiger partial charge in [0.15, 0.2) is 0 Å². The summed E-state index contributed by atoms with van der Waals surface area (Å²) in [5.41, 5.74) is 1.81. The second-order valence-electron chi connectivity index (χ2n) is 7.08. The number of carbonyl (C=O) groups excluding carboxylic acids is 1. The number of aryl methyl sites for hydroxylation is 1. The zero-order valence-corrected chi connectivity index (χ0v) is 15.8. The summed E-state index contributed by atoms with van der Waals surface area (Å²) in [4.78, 5) is 33.2. The van der Waals surface area contributed by atoms with Crippen LogP contribution in [0.4, 0.5) is 0 Å². The normalized spacial score (nSPS) is 17.1. The Balaban J connectivity index is 1.43. The van der Waals surface area contributed by atoms with E-state index in [2.05, 4.69) is 9.97 Å². The molecule has 27 heavy (non-hydrogen) atoms. The summed E-state index contributed by atoms with van der Waals surface area (Å²) < 4.78 is 5.66. The first-order valence-corrected chi connectivity index (χ1v) is 9.59. The molecule has 1 aliphatic rings. The van der Waals surface area contributed by atoms with E-state index in [0.717, 1.165) is 37.1 Å². The van der Waals surface area contributed by atoms with Crippen LogP contribution in [0.2, 0.25) is 0 Å². The van der Waals surface area contributed by atoms with E-state index in [1.165, 1.54) is 0 Å². The number of piperidine rings is 1. The lowest BCUT2D eigenvalue weighted by Crippen LogP contribution is -2.39. The van der Waals surface area contributed by atoms with Crippen molar-refractivity contribution in [2.24, 2.45) is 0 Å². The van der Waals surface area contributed by atoms with Crippen LogP contribution in [0.3, 0.4) is 0 Å². The monoisotopic (exact) mass is 369 g/mol. The number of amides is 1. The van der Waals surface area contributed by atoms with Crippen molar-refractivity contribution in [3.05, 3.63) is 63.8 Å². The molecule has 0 aliphatic carbocycles. The maximum Gasteiger partial charge on any atom is 0.251 e. The smallest absolute Gasteiger partial charge is 0.251 e. The Kier molecular flexibility index (Phi) is 6.76. The molecule has 1 aromatic carbocycles. The molecule has 6 nitrogen and oxygen atoms in total. The third kappa shape index (κ3) is 5.76. The fraction of sp³-hybridized carbons (Fsp3) is 0.476. The minimum Gasteiger partial charge on any atom is -0.377 e. The minimum absolute atomic E-state index is 0.128. The summed E-state index contributed by atoms with van der Waals surface area (Å²) in [5.74, 6) is 0.916. The number of nitrogens with zero attached hydrogens (tertiary/aromatic N) is 2. The van der Waals surface area contributed by atoms with Gasteiger partial charge in [-0.15, -0.1) is 0 Å². The number of H-pyrrole nitrogens is 1. The lowest BCUT2D eigenvalue weighted by atomic mass is 9.94. The van der Waals surface area contributed by atoms with Gasteiger partial charge in [0.05, 0.1) is 12.3 Å². The SMILES string of the molecule is Cc1nc(C2CCCN(C(=O)CCCOCc3ccccc3)C2)cc(=O)[nH]1. The molecule has 1 saturated heterocycles. The molecular formula is C21H27N3O3. The summed E-state index contributed by atoms with van der Waals surface area (Å²) in [6, 6.07) is 11.6. The van der Waals surface area contributed by atoms with Crippen LogP contribution < -0.4 is 5.56 Å². The third-order valence-corrected chi connectivity index (χ3v) is 4.86. The number of aromatic nitrogens is 2. The maximum atomic E-state index is 12.5. The molecule has 1 aliphatic heterocycles. The quantitative estimate of drug-likeness (QED) is 0.762. The van der Waals surface area contributed by atoms with Gasteiger partial charge < -0.3 is 14.6 Å². The van der Waals surface area contributed by atoms with Crippen LogP contribution in [-0.2, 0) is 16.1 Å². The molecule has 2 heterocycles. The van der Waals surface area contributed by atoms with Crippen LogP contribution in [0.1, 0.15) is 48.7 Å². The van der Waals surface area contributed by atoms with Crippen molar-refractivity contribution in [2.45, 2.75) is 45.1 Å². The molecular weight excluding hydrogens is 342 g/mol. The van der Waals surface area contributed by atoms with E-state index in [9.17, 15) is 9.59 Å². The molecule has 1 N–H and O–H groups in total. The highest BCUT2D eigenvalue weighted by Gasteiger charge is 2.25. The minimum atomic E-state index is -0.128. The molecule has 1 amide bonds. The van der Waals surface area contributed by atoms with E-state index in [-0.39, 0.29) is 17.4 Å². The number of nitrogens with one attached hydrogen (secondary N) is 1. The Bertz CT molecular complexity index is 804. The summed E-state index contributed by atoms with van der Waals surface area (Å²) in [6.07, 6.45) is 3.10. The summed E-state index contributed by atoms with van der Waals surface area (Å²) in [6.45, 7) is 4.36. The van der Waals surface area contributed by atoms with Crippen LogP contribution in [0.5, 0.6) is 0 Å². The van der Waals surface area contributed by atoms with Gasteiger partial charge in [-0.1, -0.05) is 30.3 Å². The molecule has 1 aromatic heterocycles. The van der Waals surface area contributed by atoms with Crippen molar-refractivity contribution in [1.82, 2.24) is 14.9 Å². The molecule has 0 spiro atoms. The first-order valence-electron chi connectivity index (χ1n) is 9.59. The third-order valence-electron chi connectivity index (χ3n) is 4.86. The fourth-order valence-corrected chi connectivity index (χ4v) is 3.50. The Morgan fingerprint density at radius 2 is 2.15 bits per heavy atom. The summed E-state index contributed by atoms with van der Waals surface area (Å²) in [5, 5.41) is 0. The Labute approximate surface area is 159 Å². The molecule has 0 bridgehead atoms. The van der Waals surface area contributed by atoms with E-state index in [4.69, 9.17) is 4.74 Å². The van der Waals surface area contributed by atoms with Crippen molar-refractivity contribution in [3.8, 4) is 0 Å². The number of aromatic amines is 1. The largest absolute Gasteiger partial charge is 0.377 e. The van der Waals surface area contributed by atoms with E-state index in [1.54, 1.807) is 13.0 Å². The standard InChI is InChI=1S/C21H27N3O3/c1-16-22-19(13-20(25)23-16)18-9-5-11-24(14-18)21(26)10-6-12-27-15-17-7-3-2-4-8-17/h2-4,7-8,13,18H,5-6,9-12,14-15H2,1H3,(H,22,23,25). The zero-order valence-electron chi connectivity index (χ0n) is 15.8. The highest BCUT2D eigenvalue weighted by molar-refractivity contribution is 5.76. The van der Waals surface area contributed by atoms with Crippen molar-refractivity contribution < 1.29 is 9.53 Å². The average Bonchev–Trinajstić information content (AvgIpc) is 2.68. The number of rotatable bonds is 7. The Hall–Kier alpha value is -2.47. The second-order valence-corrected chi connectivity index (χ2v) is 7.08. The molecule has 144 valence electrons. The van der Waals surface area contributed by atoms with Crippen molar-refractivity contribution in [1.29, 1.82) is 0 Å². The maximum absolute atomic E-state index is 12.5. The molecule has 1 fully saturated rings. The van der Waals surface area contributed by atoms with Gasteiger partial charge in [-0.05, 0) is 31.7 Å². The van der Waals surface area contributed by atoms with Gasteiger partial charge in [0.2, 0.25) is 5.91 Å². The van der Waals surface area contributed by atoms with Crippen LogP contribution in [0.25, 0.3) is 0 Å². The predicted octanol–water partition coefficient (Wildman–Crippen LogP) is 2.78. The Morgan fingerprint density at radius 1 is 1.33 bits per heavy atom. The van der Waals surface area contributed by atoms with Crippen molar-refractivity contribution >= 4 is 5.91 Å². The zero-order chi connectivity index (χ0) is 19.1. The number of benzene rings is 1. The number of carbonyl (C=O) groups is 1. The Morgan fingerprint density at radius 3 is 2.93 bits per heavy atom. The highest BCUT2D eigenvalue weighted by atomic mass is 16.5. The average molecular weight is 369 g/mol. The first-order chi connectivity index (χ1) is 13.1. The van der Waals surface area contributed by atoms with E-state index < -0.39 is 0 Å². The van der Waals surface area contributed by atoms with E-state index >= 15 is 0 Å². The topological polar surface area (TPSA) is 75.3 Å². The molecule has 0 saturated carbocycles. The second kappa shape index (κ2) is 9.46. The lowest BCUT2D eigenvalue weighted by molar-refractivity contribution is -0.132. The molecule has 0 radical (unpaired) electrons. The fourth-order valence-electron chi connectivity index (χ4n) is 3.50. The van der Waals surface area contributed by atoms with Gasteiger partial charge in [0, 0.05) is 38.1 Å². The predicted molar refractivity (Wildman–Crippen MR) is 103 cm³/mol. The van der Waals surface area contributed by atoms with Gasteiger partial charge in [0.25, 0.3) is 5.56 Å². The van der Waals surface area contributed by atoms with Crippen molar-refractivity contribution in [3.63, 3.8) is 0 Å². The van der Waals surface area contributed by atoms with Gasteiger partial charge in [-0.25, -0.2) is 4.98 Å². The van der Waals surface area contributed by atoms with Gasteiger partial charge in [-0.2, -0.15) is 0 Å². The molecule has 1 atom stereocenters. The molecule has 1 unspecified atom stereocenters. The number of hydrogen-bond donors (Lipinski definition) is 1. The van der Waals surface area contributed by atoms with Gasteiger partial charge in [-0.3, -0.25) is 9.59 Å². The van der Waals surface area contributed by atoms with Crippen molar-refractivity contribution in [2.75, 3.05) is 19.7 Å². The highest BCUT2D eigenvalue weighted by Crippen LogP contribution is 2.25. The molecule has 6 heteroatoms. The van der Waals surface area contributed by atoms with E-state index in [1.807, 2.05) is 35.2 Å². The lowest BCUT2D eigenvalue weighted by Gasteiger charge is -2.32. The molecule has 2 aromatic rings. The van der Waals surface area contributed by atoms with Crippen LogP contribution in [0, 0.1) is 6.92 Å². The first kappa shape index (κ1) is 19.3. The van der Waals surface area contributed by atoms with Crippen LogP contribution in [-0.4, -0.2) is 40.5 Å². The van der Waals surface area contributed by atoms with Crippen LogP contribution in [0.15, 0.2) is 41.2 Å². The summed E-state index contributed by atoms with van der Waals surface area (Å²) in [7, 11) is 0. The number of likely N-dealkylation sites (tertiary alicyclic amines) is 1. The number of ether oxygens (including phenoxy) is 1. The number of hydrogen-bond acceptors (Lipinski definition) is 4. The van der Waals surface area contributed by atoms with E-state index in [0.29, 0.717) is 32.0 Å². The van der Waals surface area contributed by atoms with Gasteiger partial charge >= 0.3 is 0 Å². The molecule has 3 rings (SSSR count). The summed E-state index contributed by atoms with van der Waals surface area (Å²) >= 11 is 0. The van der Waals surface area contributed by atoms with Gasteiger partial charge in [0.1, 0.15) is 5.82 Å².